The first-order valence-corrected chi connectivity index (χ1v) is 4.71. The summed E-state index contributed by atoms with van der Waals surface area (Å²) in [6.45, 7) is 2.09. The first-order chi connectivity index (χ1) is 5.86. The number of benzene rings is 1. The number of thiazole rings is 1. The lowest BCUT2D eigenvalue weighted by Crippen LogP contribution is -1.75. The molecule has 0 radical (unpaired) electrons. The molecule has 0 unspecified atom stereocenters. The number of aryl methyl sites for hydroxylation is 1. The molecule has 0 N–H and O–H groups in total. The van der Waals surface area contributed by atoms with E-state index >= 15 is 0 Å². The highest BCUT2D eigenvalue weighted by molar-refractivity contribution is 7.13. The SMILES string of the molecule is Cc1ccc(-c2nccs2)cc1. The first kappa shape index (κ1) is 7.50. The van der Waals surface area contributed by atoms with E-state index in [9.17, 15) is 0 Å². The van der Waals surface area contributed by atoms with Crippen LogP contribution in [0, 0.1) is 6.92 Å². The second kappa shape index (κ2) is 3.07. The van der Waals surface area contributed by atoms with Crippen molar-refractivity contribution >= 4 is 11.3 Å². The van der Waals surface area contributed by atoms with Gasteiger partial charge in [-0.05, 0) is 6.92 Å². The molecule has 0 saturated heterocycles. The molecule has 0 aliphatic heterocycles. The monoisotopic (exact) mass is 175 g/mol. The molecular formula is C10H9NS. The summed E-state index contributed by atoms with van der Waals surface area (Å²) in [7, 11) is 0. The molecule has 1 heterocycles. The number of aromatic nitrogens is 1. The maximum Gasteiger partial charge on any atom is 0.123 e. The van der Waals surface area contributed by atoms with Gasteiger partial charge in [-0.3, -0.25) is 0 Å². The summed E-state index contributed by atoms with van der Waals surface area (Å²) in [4.78, 5) is 4.23. The highest BCUT2D eigenvalue weighted by Crippen LogP contribution is 2.21. The zero-order valence-electron chi connectivity index (χ0n) is 6.82. The molecule has 0 saturated carbocycles. The van der Waals surface area contributed by atoms with E-state index in [1.807, 2.05) is 11.6 Å². The summed E-state index contributed by atoms with van der Waals surface area (Å²) in [5.74, 6) is 0. The maximum atomic E-state index is 4.23. The minimum absolute atomic E-state index is 1.09. The molecule has 1 aromatic carbocycles. The average molecular weight is 175 g/mol. The first-order valence-electron chi connectivity index (χ1n) is 3.83. The molecule has 0 spiro atoms. The van der Waals surface area contributed by atoms with Crippen LogP contribution in [0.5, 0.6) is 0 Å². The van der Waals surface area contributed by atoms with Crippen LogP contribution in [0.25, 0.3) is 10.6 Å². The van der Waals surface area contributed by atoms with Crippen molar-refractivity contribution in [1.82, 2.24) is 4.98 Å². The fourth-order valence-corrected chi connectivity index (χ4v) is 1.71. The standard InChI is InChI=1S/C10H9NS/c1-8-2-4-9(5-3-8)10-11-6-7-12-10/h2-7H,1H3. The van der Waals surface area contributed by atoms with Crippen LogP contribution in [-0.2, 0) is 0 Å². The van der Waals surface area contributed by atoms with Crippen molar-refractivity contribution in [3.8, 4) is 10.6 Å². The van der Waals surface area contributed by atoms with Gasteiger partial charge in [0.2, 0.25) is 0 Å². The Morgan fingerprint density at radius 2 is 1.92 bits per heavy atom. The minimum atomic E-state index is 1.09. The Morgan fingerprint density at radius 1 is 1.17 bits per heavy atom. The van der Waals surface area contributed by atoms with Crippen LogP contribution in [0.1, 0.15) is 5.56 Å². The predicted octanol–water partition coefficient (Wildman–Crippen LogP) is 3.12. The maximum absolute atomic E-state index is 4.23. The molecule has 2 rings (SSSR count). The van der Waals surface area contributed by atoms with Crippen molar-refractivity contribution in [3.63, 3.8) is 0 Å². The van der Waals surface area contributed by atoms with Crippen LogP contribution in [0.2, 0.25) is 0 Å². The van der Waals surface area contributed by atoms with E-state index in [0.717, 1.165) is 5.01 Å². The van der Waals surface area contributed by atoms with Gasteiger partial charge in [-0.15, -0.1) is 11.3 Å². The summed E-state index contributed by atoms with van der Waals surface area (Å²) in [6, 6.07) is 8.43. The van der Waals surface area contributed by atoms with Crippen molar-refractivity contribution in [2.24, 2.45) is 0 Å². The van der Waals surface area contributed by atoms with Crippen LogP contribution in [0.15, 0.2) is 35.8 Å². The summed E-state index contributed by atoms with van der Waals surface area (Å²) in [5.41, 5.74) is 2.49. The Hall–Kier alpha value is -1.15. The molecule has 0 aliphatic carbocycles. The zero-order chi connectivity index (χ0) is 8.39. The van der Waals surface area contributed by atoms with Gasteiger partial charge in [0.05, 0.1) is 0 Å². The Bertz CT molecular complexity index is 348. The Balaban J connectivity index is 2.43. The van der Waals surface area contributed by atoms with E-state index in [-0.39, 0.29) is 0 Å². The third kappa shape index (κ3) is 1.38. The minimum Gasteiger partial charge on any atom is -0.245 e. The third-order valence-corrected chi connectivity index (χ3v) is 2.55. The van der Waals surface area contributed by atoms with Gasteiger partial charge in [0, 0.05) is 17.1 Å². The zero-order valence-corrected chi connectivity index (χ0v) is 7.64. The van der Waals surface area contributed by atoms with Crippen LogP contribution in [0.3, 0.4) is 0 Å². The molecule has 0 amide bonds. The summed E-state index contributed by atoms with van der Waals surface area (Å²) in [6.07, 6.45) is 1.83. The van der Waals surface area contributed by atoms with Gasteiger partial charge in [-0.1, -0.05) is 29.8 Å². The molecule has 0 fully saturated rings. The molecule has 1 nitrogen and oxygen atoms in total. The predicted molar refractivity (Wildman–Crippen MR) is 52.3 cm³/mol. The molecule has 0 aliphatic rings. The second-order valence-corrected chi connectivity index (χ2v) is 3.60. The Kier molecular flexibility index (Phi) is 1.92. The van der Waals surface area contributed by atoms with Crippen molar-refractivity contribution in [2.45, 2.75) is 6.92 Å². The number of hydrogen-bond acceptors (Lipinski definition) is 2. The quantitative estimate of drug-likeness (QED) is 0.649. The molecule has 60 valence electrons. The van der Waals surface area contributed by atoms with Gasteiger partial charge < -0.3 is 0 Å². The molecule has 1 aromatic heterocycles. The third-order valence-electron chi connectivity index (χ3n) is 1.73. The lowest BCUT2D eigenvalue weighted by Gasteiger charge is -1.95. The molecule has 0 atom stereocenters. The summed E-state index contributed by atoms with van der Waals surface area (Å²) < 4.78 is 0. The van der Waals surface area contributed by atoms with E-state index in [0.29, 0.717) is 0 Å². The highest BCUT2D eigenvalue weighted by atomic mass is 32.1. The van der Waals surface area contributed by atoms with Crippen molar-refractivity contribution in [1.29, 1.82) is 0 Å². The van der Waals surface area contributed by atoms with Gasteiger partial charge in [0.1, 0.15) is 5.01 Å². The van der Waals surface area contributed by atoms with Crippen molar-refractivity contribution in [2.75, 3.05) is 0 Å². The Labute approximate surface area is 75.7 Å². The fraction of sp³-hybridized carbons (Fsp3) is 0.100. The van der Waals surface area contributed by atoms with Gasteiger partial charge >= 0.3 is 0 Å². The second-order valence-electron chi connectivity index (χ2n) is 2.70. The summed E-state index contributed by atoms with van der Waals surface area (Å²) in [5, 5.41) is 3.09. The summed E-state index contributed by atoms with van der Waals surface area (Å²) >= 11 is 1.67. The van der Waals surface area contributed by atoms with E-state index in [4.69, 9.17) is 0 Å². The fourth-order valence-electron chi connectivity index (χ4n) is 1.06. The van der Waals surface area contributed by atoms with Gasteiger partial charge in [-0.2, -0.15) is 0 Å². The van der Waals surface area contributed by atoms with Crippen molar-refractivity contribution < 1.29 is 0 Å². The van der Waals surface area contributed by atoms with E-state index in [1.54, 1.807) is 11.3 Å². The lowest BCUT2D eigenvalue weighted by atomic mass is 10.2. The lowest BCUT2D eigenvalue weighted by molar-refractivity contribution is 1.40. The van der Waals surface area contributed by atoms with Gasteiger partial charge in [0.15, 0.2) is 0 Å². The highest BCUT2D eigenvalue weighted by Gasteiger charge is 1.97. The molecular weight excluding hydrogens is 166 g/mol. The van der Waals surface area contributed by atoms with Gasteiger partial charge in [-0.25, -0.2) is 4.98 Å². The van der Waals surface area contributed by atoms with E-state index in [1.165, 1.54) is 11.1 Å². The van der Waals surface area contributed by atoms with E-state index in [2.05, 4.69) is 36.2 Å². The normalized spacial score (nSPS) is 10.1. The number of rotatable bonds is 1. The van der Waals surface area contributed by atoms with Crippen molar-refractivity contribution in [3.05, 3.63) is 41.4 Å². The largest absolute Gasteiger partial charge is 0.245 e. The van der Waals surface area contributed by atoms with Gasteiger partial charge in [0.25, 0.3) is 0 Å². The van der Waals surface area contributed by atoms with Crippen LogP contribution >= 0.6 is 11.3 Å². The Morgan fingerprint density at radius 3 is 2.50 bits per heavy atom. The van der Waals surface area contributed by atoms with E-state index < -0.39 is 0 Å². The smallest absolute Gasteiger partial charge is 0.123 e. The van der Waals surface area contributed by atoms with Crippen LogP contribution in [-0.4, -0.2) is 4.98 Å². The molecule has 2 aromatic rings. The molecule has 2 heteroatoms. The van der Waals surface area contributed by atoms with Crippen LogP contribution in [0.4, 0.5) is 0 Å². The number of hydrogen-bond donors (Lipinski definition) is 0. The average Bonchev–Trinajstić information content (AvgIpc) is 2.58. The number of nitrogens with zero attached hydrogens (tertiary/aromatic N) is 1. The molecule has 0 bridgehead atoms. The topological polar surface area (TPSA) is 12.9 Å². The molecule has 12 heavy (non-hydrogen) atoms. The van der Waals surface area contributed by atoms with Crippen LogP contribution < -0.4 is 0 Å².